The van der Waals surface area contributed by atoms with Gasteiger partial charge in [-0.15, -0.1) is 0 Å². The largest absolute Gasteiger partial charge is 0.481 e. The van der Waals surface area contributed by atoms with Gasteiger partial charge in [0.1, 0.15) is 0 Å². The van der Waals surface area contributed by atoms with Crippen molar-refractivity contribution < 1.29 is 9.90 Å². The smallest absolute Gasteiger partial charge is 0.303 e. The number of hydrogen-bond acceptors (Lipinski definition) is 1. The summed E-state index contributed by atoms with van der Waals surface area (Å²) in [6, 6.07) is 0. The van der Waals surface area contributed by atoms with E-state index in [1.54, 1.807) is 0 Å². The fourth-order valence-corrected chi connectivity index (χ4v) is 3.55. The molecule has 0 aromatic carbocycles. The molecule has 0 bridgehead atoms. The van der Waals surface area contributed by atoms with Gasteiger partial charge in [0.25, 0.3) is 0 Å². The first-order valence-electron chi connectivity index (χ1n) is 5.99. The zero-order valence-corrected chi connectivity index (χ0v) is 8.74. The Labute approximate surface area is 85.7 Å². The highest BCUT2D eigenvalue weighted by molar-refractivity contribution is 5.67. The van der Waals surface area contributed by atoms with Crippen LogP contribution in [-0.2, 0) is 4.79 Å². The van der Waals surface area contributed by atoms with Crippen molar-refractivity contribution in [3.8, 4) is 0 Å². The van der Waals surface area contributed by atoms with Crippen LogP contribution in [0.2, 0.25) is 0 Å². The van der Waals surface area contributed by atoms with Gasteiger partial charge in [-0.2, -0.15) is 0 Å². The van der Waals surface area contributed by atoms with E-state index in [0.29, 0.717) is 12.3 Å². The topological polar surface area (TPSA) is 37.3 Å². The number of fused-ring (bicyclic) bond motifs is 1. The predicted molar refractivity (Wildman–Crippen MR) is 55.0 cm³/mol. The van der Waals surface area contributed by atoms with Crippen LogP contribution >= 0.6 is 0 Å². The van der Waals surface area contributed by atoms with E-state index in [0.717, 1.165) is 18.3 Å². The van der Waals surface area contributed by atoms with Crippen LogP contribution in [0.3, 0.4) is 0 Å². The van der Waals surface area contributed by atoms with E-state index >= 15 is 0 Å². The lowest BCUT2D eigenvalue weighted by molar-refractivity contribution is -0.139. The van der Waals surface area contributed by atoms with Crippen molar-refractivity contribution in [2.45, 2.75) is 51.4 Å². The van der Waals surface area contributed by atoms with Gasteiger partial charge in [-0.1, -0.05) is 32.1 Å². The van der Waals surface area contributed by atoms with Gasteiger partial charge in [0, 0.05) is 6.42 Å². The molecule has 2 aliphatic rings. The second kappa shape index (κ2) is 4.33. The molecule has 2 aliphatic carbocycles. The van der Waals surface area contributed by atoms with Crippen molar-refractivity contribution in [3.63, 3.8) is 0 Å². The van der Waals surface area contributed by atoms with Gasteiger partial charge in [-0.05, 0) is 30.6 Å². The van der Waals surface area contributed by atoms with E-state index in [4.69, 9.17) is 5.11 Å². The molecular formula is C12H20O2. The molecule has 14 heavy (non-hydrogen) atoms. The van der Waals surface area contributed by atoms with Gasteiger partial charge in [-0.3, -0.25) is 4.79 Å². The minimum absolute atomic E-state index is 0.418. The maximum absolute atomic E-state index is 10.7. The molecule has 2 saturated carbocycles. The summed E-state index contributed by atoms with van der Waals surface area (Å²) in [5.74, 6) is 1.50. The molecule has 0 saturated heterocycles. The van der Waals surface area contributed by atoms with Crippen LogP contribution in [0.4, 0.5) is 0 Å². The molecule has 0 spiro atoms. The molecule has 80 valence electrons. The summed E-state index contributed by atoms with van der Waals surface area (Å²) in [5.41, 5.74) is 0. The average Bonchev–Trinajstić information content (AvgIpc) is 2.18. The summed E-state index contributed by atoms with van der Waals surface area (Å²) in [5, 5.41) is 8.86. The molecule has 2 heteroatoms. The summed E-state index contributed by atoms with van der Waals surface area (Å²) in [6.07, 6.45) is 9.57. The average molecular weight is 196 g/mol. The number of aliphatic carboxylic acids is 1. The number of carboxylic acids is 1. The molecule has 0 aromatic heterocycles. The molecule has 3 atom stereocenters. The fourth-order valence-electron chi connectivity index (χ4n) is 3.55. The zero-order chi connectivity index (χ0) is 9.97. The van der Waals surface area contributed by atoms with Gasteiger partial charge in [0.2, 0.25) is 0 Å². The molecule has 1 unspecified atom stereocenters. The summed E-state index contributed by atoms with van der Waals surface area (Å²) in [7, 11) is 0. The van der Waals surface area contributed by atoms with Gasteiger partial charge in [0.15, 0.2) is 0 Å². The van der Waals surface area contributed by atoms with E-state index < -0.39 is 5.97 Å². The molecule has 2 rings (SSSR count). The maximum atomic E-state index is 10.7. The Bertz CT molecular complexity index is 210. The Hall–Kier alpha value is -0.530. The highest BCUT2D eigenvalue weighted by atomic mass is 16.4. The number of carbonyl (C=O) groups is 1. The van der Waals surface area contributed by atoms with Crippen molar-refractivity contribution in [2.75, 3.05) is 0 Å². The maximum Gasteiger partial charge on any atom is 0.303 e. The molecule has 0 radical (unpaired) electrons. The molecule has 0 heterocycles. The summed E-state index contributed by atoms with van der Waals surface area (Å²) < 4.78 is 0. The van der Waals surface area contributed by atoms with E-state index in [1.807, 2.05) is 0 Å². The second-order valence-corrected chi connectivity index (χ2v) is 5.00. The quantitative estimate of drug-likeness (QED) is 0.737. The Balaban J connectivity index is 1.97. The molecule has 2 nitrogen and oxygen atoms in total. The second-order valence-electron chi connectivity index (χ2n) is 5.00. The van der Waals surface area contributed by atoms with E-state index in [2.05, 4.69) is 0 Å². The fraction of sp³-hybridized carbons (Fsp3) is 0.917. The lowest BCUT2D eigenvalue weighted by Crippen LogP contribution is -2.32. The van der Waals surface area contributed by atoms with E-state index in [9.17, 15) is 4.79 Å². The first kappa shape index (κ1) is 10.0. The van der Waals surface area contributed by atoms with Crippen LogP contribution < -0.4 is 0 Å². The standard InChI is InChI=1S/C12H20O2/c13-12(14)8-10-6-3-5-9-4-1-2-7-11(9)10/h9-11H,1-8H2,(H,13,14)/t9-,10?,11-/m1/s1. The third kappa shape index (κ3) is 2.10. The Morgan fingerprint density at radius 2 is 1.79 bits per heavy atom. The summed E-state index contributed by atoms with van der Waals surface area (Å²) in [4.78, 5) is 10.7. The van der Waals surface area contributed by atoms with Gasteiger partial charge < -0.3 is 5.11 Å². The van der Waals surface area contributed by atoms with Gasteiger partial charge in [0.05, 0.1) is 0 Å². The van der Waals surface area contributed by atoms with Crippen molar-refractivity contribution in [1.29, 1.82) is 0 Å². The number of rotatable bonds is 2. The van der Waals surface area contributed by atoms with Crippen molar-refractivity contribution >= 4 is 5.97 Å². The van der Waals surface area contributed by atoms with Crippen molar-refractivity contribution in [3.05, 3.63) is 0 Å². The molecular weight excluding hydrogens is 176 g/mol. The van der Waals surface area contributed by atoms with Gasteiger partial charge >= 0.3 is 5.97 Å². The number of carboxylic acid groups (broad SMARTS) is 1. The van der Waals surface area contributed by atoms with E-state index in [1.165, 1.54) is 38.5 Å². The lowest BCUT2D eigenvalue weighted by Gasteiger charge is -2.40. The minimum Gasteiger partial charge on any atom is -0.481 e. The lowest BCUT2D eigenvalue weighted by atomic mass is 9.65. The first-order chi connectivity index (χ1) is 6.77. The van der Waals surface area contributed by atoms with Crippen LogP contribution in [0.25, 0.3) is 0 Å². The van der Waals surface area contributed by atoms with Crippen LogP contribution in [0, 0.1) is 17.8 Å². The van der Waals surface area contributed by atoms with E-state index in [-0.39, 0.29) is 0 Å². The van der Waals surface area contributed by atoms with Gasteiger partial charge in [-0.25, -0.2) is 0 Å². The normalized spacial score (nSPS) is 37.6. The molecule has 0 aromatic rings. The molecule has 0 aliphatic heterocycles. The Morgan fingerprint density at radius 1 is 1.07 bits per heavy atom. The summed E-state index contributed by atoms with van der Waals surface area (Å²) >= 11 is 0. The molecule has 2 fully saturated rings. The SMILES string of the molecule is O=C(O)CC1CCC[C@H]2CCCC[C@@H]12. The third-order valence-electron chi connectivity index (χ3n) is 4.16. The monoisotopic (exact) mass is 196 g/mol. The van der Waals surface area contributed by atoms with Crippen LogP contribution in [0.5, 0.6) is 0 Å². The predicted octanol–water partition coefficient (Wildman–Crippen LogP) is 3.07. The van der Waals surface area contributed by atoms with Crippen molar-refractivity contribution in [1.82, 2.24) is 0 Å². The van der Waals surface area contributed by atoms with Crippen molar-refractivity contribution in [2.24, 2.45) is 17.8 Å². The van der Waals surface area contributed by atoms with Crippen LogP contribution in [0.1, 0.15) is 51.4 Å². The third-order valence-corrected chi connectivity index (χ3v) is 4.16. The Morgan fingerprint density at radius 3 is 2.57 bits per heavy atom. The highest BCUT2D eigenvalue weighted by Crippen LogP contribution is 2.44. The zero-order valence-electron chi connectivity index (χ0n) is 8.74. The molecule has 1 N–H and O–H groups in total. The minimum atomic E-state index is -0.596. The first-order valence-corrected chi connectivity index (χ1v) is 5.99. The highest BCUT2D eigenvalue weighted by Gasteiger charge is 2.35. The Kier molecular flexibility index (Phi) is 3.09. The summed E-state index contributed by atoms with van der Waals surface area (Å²) in [6.45, 7) is 0. The van der Waals surface area contributed by atoms with Crippen LogP contribution in [0.15, 0.2) is 0 Å². The van der Waals surface area contributed by atoms with Crippen LogP contribution in [-0.4, -0.2) is 11.1 Å². The molecule has 0 amide bonds. The number of hydrogen-bond donors (Lipinski definition) is 1.